The van der Waals surface area contributed by atoms with E-state index in [0.717, 1.165) is 0 Å². The van der Waals surface area contributed by atoms with Crippen LogP contribution >= 0.6 is 0 Å². The Hall–Kier alpha value is -3.10. The van der Waals surface area contributed by atoms with Gasteiger partial charge in [-0.3, -0.25) is 14.9 Å². The average Bonchev–Trinajstić information content (AvgIpc) is 3.04. The molecule has 1 fully saturated rings. The minimum Gasteiger partial charge on any atom is -0.497 e. The van der Waals surface area contributed by atoms with Crippen molar-refractivity contribution in [3.8, 4) is 5.75 Å². The number of rotatable bonds is 5. The number of amides is 1. The smallest absolute Gasteiger partial charge is 0.334 e. The van der Waals surface area contributed by atoms with E-state index in [4.69, 9.17) is 4.74 Å². The number of aryl methyl sites for hydroxylation is 2. The fourth-order valence-corrected chi connectivity index (χ4v) is 3.38. The van der Waals surface area contributed by atoms with Gasteiger partial charge in [0, 0.05) is 38.8 Å². The lowest BCUT2D eigenvalue weighted by molar-refractivity contribution is -0.384. The molecule has 0 radical (unpaired) electrons. The predicted molar refractivity (Wildman–Crippen MR) is 100 cm³/mol. The van der Waals surface area contributed by atoms with Crippen LogP contribution in [0.4, 0.5) is 11.5 Å². The van der Waals surface area contributed by atoms with E-state index in [2.05, 4.69) is 5.10 Å². The van der Waals surface area contributed by atoms with Crippen LogP contribution in [-0.4, -0.2) is 58.8 Å². The highest BCUT2D eigenvalue weighted by Gasteiger charge is 2.32. The summed E-state index contributed by atoms with van der Waals surface area (Å²) in [5.74, 6) is 1.16. The number of hydrogen-bond donors (Lipinski definition) is 0. The maximum absolute atomic E-state index is 12.7. The monoisotopic (exact) mass is 373 g/mol. The van der Waals surface area contributed by atoms with Crippen LogP contribution < -0.4 is 9.64 Å². The van der Waals surface area contributed by atoms with Gasteiger partial charge in [-0.05, 0) is 30.7 Å². The second kappa shape index (κ2) is 7.65. The summed E-state index contributed by atoms with van der Waals surface area (Å²) in [4.78, 5) is 27.5. The highest BCUT2D eigenvalue weighted by molar-refractivity contribution is 5.94. The van der Waals surface area contributed by atoms with Gasteiger partial charge in [-0.15, -0.1) is 0 Å². The number of carbonyl (C=O) groups is 1. The van der Waals surface area contributed by atoms with Crippen LogP contribution in [0.25, 0.3) is 0 Å². The number of carbonyl (C=O) groups excluding carboxylic acids is 1. The standard InChI is InChI=1S/C18H23N5O4/c1-4-15-16(23(25)26)17(20(2)19-15)21-9-11-22(12-10-21)18(24)13-5-7-14(27-3)8-6-13/h5-8H,4,9-12H2,1-3H3. The van der Waals surface area contributed by atoms with Gasteiger partial charge >= 0.3 is 5.69 Å². The van der Waals surface area contributed by atoms with E-state index in [0.29, 0.717) is 55.4 Å². The van der Waals surface area contributed by atoms with Gasteiger partial charge in [-0.1, -0.05) is 6.92 Å². The summed E-state index contributed by atoms with van der Waals surface area (Å²) in [5.41, 5.74) is 1.15. The molecule has 0 bridgehead atoms. The van der Waals surface area contributed by atoms with Crippen molar-refractivity contribution >= 4 is 17.4 Å². The maximum Gasteiger partial charge on any atom is 0.334 e. The lowest BCUT2D eigenvalue weighted by Gasteiger charge is -2.35. The van der Waals surface area contributed by atoms with Gasteiger partial charge in [0.25, 0.3) is 5.91 Å². The van der Waals surface area contributed by atoms with Crippen LogP contribution in [0, 0.1) is 10.1 Å². The molecule has 144 valence electrons. The molecule has 2 aromatic rings. The third-order valence-electron chi connectivity index (χ3n) is 4.78. The minimum atomic E-state index is -0.365. The molecule has 0 unspecified atom stereocenters. The summed E-state index contributed by atoms with van der Waals surface area (Å²) in [5, 5.41) is 15.8. The van der Waals surface area contributed by atoms with E-state index in [-0.39, 0.29) is 16.5 Å². The van der Waals surface area contributed by atoms with Gasteiger partial charge in [0.1, 0.15) is 11.4 Å². The van der Waals surface area contributed by atoms with E-state index in [1.165, 1.54) is 0 Å². The summed E-state index contributed by atoms with van der Waals surface area (Å²) in [6.45, 7) is 3.88. The Morgan fingerprint density at radius 3 is 2.37 bits per heavy atom. The molecule has 1 saturated heterocycles. The van der Waals surface area contributed by atoms with Crippen LogP contribution in [-0.2, 0) is 13.5 Å². The molecule has 0 saturated carbocycles. The summed E-state index contributed by atoms with van der Waals surface area (Å²) in [7, 11) is 3.30. The van der Waals surface area contributed by atoms with Crippen LogP contribution in [0.1, 0.15) is 23.0 Å². The number of anilines is 1. The Morgan fingerprint density at radius 2 is 1.85 bits per heavy atom. The molecule has 1 aromatic carbocycles. The molecule has 1 amide bonds. The lowest BCUT2D eigenvalue weighted by Crippen LogP contribution is -2.49. The lowest BCUT2D eigenvalue weighted by atomic mass is 10.1. The SMILES string of the molecule is CCc1nn(C)c(N2CCN(C(=O)c3ccc(OC)cc3)CC2)c1[N+](=O)[O-]. The van der Waals surface area contributed by atoms with Crippen LogP contribution in [0.15, 0.2) is 24.3 Å². The molecule has 0 aliphatic carbocycles. The number of aromatic nitrogens is 2. The third kappa shape index (κ3) is 3.57. The van der Waals surface area contributed by atoms with Crippen molar-refractivity contribution in [1.82, 2.24) is 14.7 Å². The van der Waals surface area contributed by atoms with Gasteiger partial charge < -0.3 is 14.5 Å². The van der Waals surface area contributed by atoms with Crippen LogP contribution in [0.2, 0.25) is 0 Å². The Labute approximate surface area is 157 Å². The van der Waals surface area contributed by atoms with Gasteiger partial charge in [-0.2, -0.15) is 5.10 Å². The van der Waals surface area contributed by atoms with Gasteiger partial charge in [0.2, 0.25) is 5.82 Å². The number of benzene rings is 1. The Bertz CT molecular complexity index is 838. The second-order valence-electron chi connectivity index (χ2n) is 6.36. The van der Waals surface area contributed by atoms with Gasteiger partial charge in [0.15, 0.2) is 0 Å². The molecule has 0 spiro atoms. The predicted octanol–water partition coefficient (Wildman–Crippen LogP) is 1.86. The van der Waals surface area contributed by atoms with E-state index < -0.39 is 0 Å². The van der Waals surface area contributed by atoms with Crippen molar-refractivity contribution in [2.75, 3.05) is 38.2 Å². The molecule has 1 aliphatic heterocycles. The quantitative estimate of drug-likeness (QED) is 0.587. The van der Waals surface area contributed by atoms with Crippen molar-refractivity contribution in [2.24, 2.45) is 7.05 Å². The molecule has 9 nitrogen and oxygen atoms in total. The first kappa shape index (κ1) is 18.7. The number of hydrogen-bond acceptors (Lipinski definition) is 6. The molecule has 1 aromatic heterocycles. The van der Waals surface area contributed by atoms with E-state index in [9.17, 15) is 14.9 Å². The Balaban J connectivity index is 1.73. The molecule has 9 heteroatoms. The average molecular weight is 373 g/mol. The number of ether oxygens (including phenoxy) is 1. The van der Waals surface area contributed by atoms with Crippen LogP contribution in [0.3, 0.4) is 0 Å². The first-order chi connectivity index (χ1) is 13.0. The molecule has 2 heterocycles. The van der Waals surface area contributed by atoms with Crippen molar-refractivity contribution in [1.29, 1.82) is 0 Å². The summed E-state index contributed by atoms with van der Waals surface area (Å²) in [6, 6.07) is 7.00. The van der Waals surface area contributed by atoms with Crippen molar-refractivity contribution in [2.45, 2.75) is 13.3 Å². The van der Waals surface area contributed by atoms with Crippen molar-refractivity contribution in [3.63, 3.8) is 0 Å². The number of nitrogens with zero attached hydrogens (tertiary/aromatic N) is 5. The largest absolute Gasteiger partial charge is 0.497 e. The zero-order chi connectivity index (χ0) is 19.6. The topological polar surface area (TPSA) is 93.7 Å². The first-order valence-electron chi connectivity index (χ1n) is 8.84. The number of nitro groups is 1. The van der Waals surface area contributed by atoms with Gasteiger partial charge in [0.05, 0.1) is 12.0 Å². The number of methoxy groups -OCH3 is 1. The van der Waals surface area contributed by atoms with Crippen molar-refractivity contribution < 1.29 is 14.5 Å². The first-order valence-corrected chi connectivity index (χ1v) is 8.84. The zero-order valence-electron chi connectivity index (χ0n) is 15.7. The van der Waals surface area contributed by atoms with Gasteiger partial charge in [-0.25, -0.2) is 4.68 Å². The third-order valence-corrected chi connectivity index (χ3v) is 4.78. The molecule has 3 rings (SSSR count). The second-order valence-corrected chi connectivity index (χ2v) is 6.36. The summed E-state index contributed by atoms with van der Waals surface area (Å²) in [6.07, 6.45) is 0.500. The Kier molecular flexibility index (Phi) is 5.29. The maximum atomic E-state index is 12.7. The van der Waals surface area contributed by atoms with Crippen LogP contribution in [0.5, 0.6) is 5.75 Å². The zero-order valence-corrected chi connectivity index (χ0v) is 15.7. The summed E-state index contributed by atoms with van der Waals surface area (Å²) < 4.78 is 6.68. The Morgan fingerprint density at radius 1 is 1.22 bits per heavy atom. The molecule has 0 N–H and O–H groups in total. The molecular weight excluding hydrogens is 350 g/mol. The molecule has 1 aliphatic rings. The normalized spacial score (nSPS) is 14.3. The van der Waals surface area contributed by atoms with E-state index in [1.807, 2.05) is 11.8 Å². The number of piperazine rings is 1. The highest BCUT2D eigenvalue weighted by atomic mass is 16.6. The fourth-order valence-electron chi connectivity index (χ4n) is 3.38. The van der Waals surface area contributed by atoms with E-state index >= 15 is 0 Å². The molecule has 27 heavy (non-hydrogen) atoms. The fraction of sp³-hybridized carbons (Fsp3) is 0.444. The van der Waals surface area contributed by atoms with Crippen molar-refractivity contribution in [3.05, 3.63) is 45.6 Å². The van der Waals surface area contributed by atoms with E-state index in [1.54, 1.807) is 48.0 Å². The summed E-state index contributed by atoms with van der Waals surface area (Å²) >= 11 is 0. The minimum absolute atomic E-state index is 0.0499. The molecule has 0 atom stereocenters. The molecular formula is C18H23N5O4. The highest BCUT2D eigenvalue weighted by Crippen LogP contribution is 2.32.